The molecule has 2 heterocycles. The van der Waals surface area contributed by atoms with E-state index in [1.807, 2.05) is 13.8 Å². The topological polar surface area (TPSA) is 104 Å². The van der Waals surface area contributed by atoms with E-state index in [-0.39, 0.29) is 53.4 Å². The average Bonchev–Trinajstić information content (AvgIpc) is 3.50. The molecule has 2 amide bonds. The molecule has 4 atom stereocenters. The Hall–Kier alpha value is -2.75. The Morgan fingerprint density at radius 2 is 2.06 bits per heavy atom. The standard InChI is InChI=1S/C25H34F2N4O4/c1-24(2)12-20(32)31(23(28)30-24)19(6-7-34-5)14-10-15(14)22(33)29-18-11-25(3,4)35-21-16(18)8-13(26)9-17(21)27/h8-9,14-15,18-19H,6-7,10-12H2,1-5H3,(H2,28,30)(H,29,33)/t14-,15-,18+,19-/m1/s1. The highest BCUT2D eigenvalue weighted by Crippen LogP contribution is 2.47. The maximum atomic E-state index is 14.4. The molecule has 1 aromatic carbocycles. The highest BCUT2D eigenvalue weighted by Gasteiger charge is 2.53. The molecular formula is C25H34F2N4O4. The van der Waals surface area contributed by atoms with Crippen LogP contribution in [0.5, 0.6) is 5.75 Å². The molecule has 4 rings (SSSR count). The predicted molar refractivity (Wildman–Crippen MR) is 125 cm³/mol. The summed E-state index contributed by atoms with van der Waals surface area (Å²) in [6, 6.07) is 1.01. The third-order valence-electron chi connectivity index (χ3n) is 6.98. The second-order valence-electron chi connectivity index (χ2n) is 11.1. The zero-order valence-electron chi connectivity index (χ0n) is 20.8. The van der Waals surface area contributed by atoms with Gasteiger partial charge in [-0.2, -0.15) is 0 Å². The second-order valence-corrected chi connectivity index (χ2v) is 11.1. The Labute approximate surface area is 204 Å². The largest absolute Gasteiger partial charge is 0.484 e. The van der Waals surface area contributed by atoms with E-state index in [1.54, 1.807) is 21.0 Å². The average molecular weight is 493 g/mol. The van der Waals surface area contributed by atoms with E-state index in [4.69, 9.17) is 14.9 Å². The number of rotatable bonds is 7. The minimum atomic E-state index is -0.798. The number of fused-ring (bicyclic) bond motifs is 1. The Morgan fingerprint density at radius 1 is 1.34 bits per heavy atom. The maximum Gasteiger partial charge on any atom is 0.231 e. The summed E-state index contributed by atoms with van der Waals surface area (Å²) in [6.45, 7) is 7.71. The van der Waals surface area contributed by atoms with Crippen molar-refractivity contribution < 1.29 is 27.8 Å². The van der Waals surface area contributed by atoms with E-state index in [0.717, 1.165) is 6.07 Å². The SMILES string of the molecule is COCC[C@H]([C@@H]1C[C@H]1C(=O)N[C@H]1CC(C)(C)Oc2c(F)cc(F)cc21)N1C(=N)NC(C)(C)CC1=O. The molecule has 2 aliphatic heterocycles. The van der Waals surface area contributed by atoms with Gasteiger partial charge >= 0.3 is 0 Å². The van der Waals surface area contributed by atoms with Gasteiger partial charge in [0.25, 0.3) is 0 Å². The summed E-state index contributed by atoms with van der Waals surface area (Å²) in [7, 11) is 1.57. The van der Waals surface area contributed by atoms with E-state index >= 15 is 0 Å². The van der Waals surface area contributed by atoms with Crippen molar-refractivity contribution in [1.82, 2.24) is 15.5 Å². The Balaban J connectivity index is 1.51. The van der Waals surface area contributed by atoms with Gasteiger partial charge in [-0.25, -0.2) is 8.78 Å². The van der Waals surface area contributed by atoms with E-state index in [2.05, 4.69) is 10.6 Å². The Bertz CT molecular complexity index is 1020. The van der Waals surface area contributed by atoms with E-state index < -0.39 is 28.8 Å². The molecule has 1 saturated heterocycles. The third-order valence-corrected chi connectivity index (χ3v) is 6.98. The summed E-state index contributed by atoms with van der Waals surface area (Å²) < 4.78 is 39.4. The molecule has 3 aliphatic rings. The molecule has 0 aromatic heterocycles. The van der Waals surface area contributed by atoms with E-state index in [9.17, 15) is 18.4 Å². The number of nitrogens with zero attached hydrogens (tertiary/aromatic N) is 1. The number of hydrogen-bond donors (Lipinski definition) is 3. The molecule has 2 fully saturated rings. The second kappa shape index (κ2) is 9.04. The minimum absolute atomic E-state index is 0.0319. The number of halogens is 2. The number of amides is 2. The number of benzene rings is 1. The maximum absolute atomic E-state index is 14.4. The van der Waals surface area contributed by atoms with Gasteiger partial charge in [0.15, 0.2) is 17.5 Å². The summed E-state index contributed by atoms with van der Waals surface area (Å²) in [4.78, 5) is 27.7. The molecule has 1 aliphatic carbocycles. The minimum Gasteiger partial charge on any atom is -0.484 e. The lowest BCUT2D eigenvalue weighted by Gasteiger charge is -2.42. The van der Waals surface area contributed by atoms with Crippen molar-refractivity contribution in [1.29, 1.82) is 5.41 Å². The van der Waals surface area contributed by atoms with Crippen LogP contribution in [0.4, 0.5) is 8.78 Å². The van der Waals surface area contributed by atoms with Crippen molar-refractivity contribution in [3.05, 3.63) is 29.3 Å². The van der Waals surface area contributed by atoms with Gasteiger partial charge < -0.3 is 20.1 Å². The lowest BCUT2D eigenvalue weighted by molar-refractivity contribution is -0.133. The number of carbonyl (C=O) groups excluding carboxylic acids is 2. The highest BCUT2D eigenvalue weighted by atomic mass is 19.1. The van der Waals surface area contributed by atoms with Gasteiger partial charge in [-0.05, 0) is 52.5 Å². The molecule has 10 heteroatoms. The molecule has 3 N–H and O–H groups in total. The van der Waals surface area contributed by atoms with Crippen molar-refractivity contribution >= 4 is 17.8 Å². The molecule has 0 radical (unpaired) electrons. The fourth-order valence-corrected chi connectivity index (χ4v) is 5.35. The normalized spacial score (nSPS) is 27.4. The molecule has 8 nitrogen and oxygen atoms in total. The highest BCUT2D eigenvalue weighted by molar-refractivity contribution is 5.99. The van der Waals surface area contributed by atoms with E-state index in [1.165, 1.54) is 11.0 Å². The molecule has 1 saturated carbocycles. The number of hydrogen-bond acceptors (Lipinski definition) is 5. The summed E-state index contributed by atoms with van der Waals surface area (Å²) in [5.74, 6) is -2.45. The Morgan fingerprint density at radius 3 is 2.71 bits per heavy atom. The van der Waals surface area contributed by atoms with Crippen molar-refractivity contribution in [3.8, 4) is 5.75 Å². The van der Waals surface area contributed by atoms with Gasteiger partial charge in [-0.3, -0.25) is 19.9 Å². The van der Waals surface area contributed by atoms with Crippen LogP contribution in [-0.4, -0.2) is 53.6 Å². The Kier molecular flexibility index (Phi) is 6.54. The van der Waals surface area contributed by atoms with Gasteiger partial charge in [-0.1, -0.05) is 0 Å². The number of methoxy groups -OCH3 is 1. The van der Waals surface area contributed by atoms with Crippen LogP contribution in [0.25, 0.3) is 0 Å². The number of guanidine groups is 1. The number of ether oxygens (including phenoxy) is 2. The van der Waals surface area contributed by atoms with Gasteiger partial charge in [-0.15, -0.1) is 0 Å². The molecule has 0 bridgehead atoms. The van der Waals surface area contributed by atoms with Crippen LogP contribution in [0, 0.1) is 28.9 Å². The molecule has 0 spiro atoms. The summed E-state index contributed by atoms with van der Waals surface area (Å²) in [5.41, 5.74) is -0.978. The summed E-state index contributed by atoms with van der Waals surface area (Å²) in [6.07, 6.45) is 1.64. The first-order valence-electron chi connectivity index (χ1n) is 12.0. The lowest BCUT2D eigenvalue weighted by atomic mass is 9.89. The van der Waals surface area contributed by atoms with Crippen LogP contribution in [-0.2, 0) is 14.3 Å². The summed E-state index contributed by atoms with van der Waals surface area (Å²) >= 11 is 0. The fraction of sp³-hybridized carbons (Fsp3) is 0.640. The fourth-order valence-electron chi connectivity index (χ4n) is 5.35. The van der Waals surface area contributed by atoms with Crippen molar-refractivity contribution in [2.24, 2.45) is 11.8 Å². The zero-order chi connectivity index (χ0) is 25.7. The molecular weight excluding hydrogens is 458 g/mol. The molecule has 1 aromatic rings. The molecule has 0 unspecified atom stereocenters. The van der Waals surface area contributed by atoms with Gasteiger partial charge in [0.2, 0.25) is 11.8 Å². The van der Waals surface area contributed by atoms with Crippen LogP contribution in [0.3, 0.4) is 0 Å². The van der Waals surface area contributed by atoms with Crippen LogP contribution >= 0.6 is 0 Å². The van der Waals surface area contributed by atoms with Crippen molar-refractivity contribution in [2.45, 2.75) is 76.6 Å². The van der Waals surface area contributed by atoms with E-state index in [0.29, 0.717) is 25.9 Å². The van der Waals surface area contributed by atoms with Crippen molar-refractivity contribution in [2.75, 3.05) is 13.7 Å². The van der Waals surface area contributed by atoms with Crippen LogP contribution < -0.4 is 15.4 Å². The van der Waals surface area contributed by atoms with Gasteiger partial charge in [0.1, 0.15) is 11.4 Å². The zero-order valence-corrected chi connectivity index (χ0v) is 20.8. The monoisotopic (exact) mass is 492 g/mol. The van der Waals surface area contributed by atoms with Crippen LogP contribution in [0.2, 0.25) is 0 Å². The smallest absolute Gasteiger partial charge is 0.231 e. The first-order chi connectivity index (χ1) is 16.3. The first kappa shape index (κ1) is 25.3. The van der Waals surface area contributed by atoms with Crippen LogP contribution in [0.1, 0.15) is 65.0 Å². The summed E-state index contributed by atoms with van der Waals surface area (Å²) in [5, 5.41) is 14.5. The third kappa shape index (κ3) is 5.27. The van der Waals surface area contributed by atoms with Gasteiger partial charge in [0, 0.05) is 55.7 Å². The van der Waals surface area contributed by atoms with Crippen LogP contribution in [0.15, 0.2) is 12.1 Å². The predicted octanol–water partition coefficient (Wildman–Crippen LogP) is 3.26. The van der Waals surface area contributed by atoms with Gasteiger partial charge in [0.05, 0.1) is 6.04 Å². The number of nitrogens with one attached hydrogen (secondary N) is 3. The first-order valence-corrected chi connectivity index (χ1v) is 12.0. The molecule has 35 heavy (non-hydrogen) atoms. The quantitative estimate of drug-likeness (QED) is 0.542. The number of carbonyl (C=O) groups is 2. The molecule has 192 valence electrons. The van der Waals surface area contributed by atoms with Crippen molar-refractivity contribution in [3.63, 3.8) is 0 Å². The lowest BCUT2D eigenvalue weighted by Crippen LogP contribution is -2.63.